The van der Waals surface area contributed by atoms with Gasteiger partial charge in [-0.15, -0.1) is 5.10 Å². The zero-order valence-corrected chi connectivity index (χ0v) is 13.7. The molecule has 1 aliphatic carbocycles. The molecule has 1 heterocycles. The summed E-state index contributed by atoms with van der Waals surface area (Å²) >= 11 is 2.28. The van der Waals surface area contributed by atoms with Crippen LogP contribution in [0.2, 0.25) is 0 Å². The summed E-state index contributed by atoms with van der Waals surface area (Å²) in [7, 11) is 0. The molecular weight excluding hydrogens is 383 g/mol. The molecule has 0 amide bonds. The van der Waals surface area contributed by atoms with Gasteiger partial charge in [-0.3, -0.25) is 4.79 Å². The lowest BCUT2D eigenvalue weighted by atomic mass is 10.1. The van der Waals surface area contributed by atoms with E-state index in [1.54, 1.807) is 4.68 Å². The zero-order chi connectivity index (χ0) is 15.0. The Labute approximate surface area is 135 Å². The van der Waals surface area contributed by atoms with Gasteiger partial charge in [-0.2, -0.15) is 0 Å². The standard InChI is InChI=1S/C14H15IN4O2/c1-8-3-2-4-10(13(8)15)14-16-17-18-19(14)11(7-12(20)21)9-5-6-9/h2-4,9,11H,5-7H2,1H3,(H,20,21). The highest BCUT2D eigenvalue weighted by molar-refractivity contribution is 14.1. The molecule has 2 aromatic rings. The first-order chi connectivity index (χ1) is 10.1. The van der Waals surface area contributed by atoms with Crippen molar-refractivity contribution in [3.63, 3.8) is 0 Å². The van der Waals surface area contributed by atoms with Crippen molar-refractivity contribution >= 4 is 28.6 Å². The van der Waals surface area contributed by atoms with Crippen molar-refractivity contribution in [3.8, 4) is 11.4 Å². The van der Waals surface area contributed by atoms with Gasteiger partial charge in [0.1, 0.15) is 0 Å². The van der Waals surface area contributed by atoms with Crippen LogP contribution in [-0.4, -0.2) is 31.3 Å². The Morgan fingerprint density at radius 2 is 2.29 bits per heavy atom. The first-order valence-corrected chi connectivity index (χ1v) is 7.91. The van der Waals surface area contributed by atoms with Crippen LogP contribution in [-0.2, 0) is 4.79 Å². The number of carboxylic acids is 1. The Morgan fingerprint density at radius 3 is 2.95 bits per heavy atom. The van der Waals surface area contributed by atoms with Gasteiger partial charge in [0.05, 0.1) is 12.5 Å². The number of halogens is 1. The van der Waals surface area contributed by atoms with Gasteiger partial charge in [-0.25, -0.2) is 4.68 Å². The van der Waals surface area contributed by atoms with Crippen LogP contribution < -0.4 is 0 Å². The van der Waals surface area contributed by atoms with Gasteiger partial charge in [0.15, 0.2) is 5.82 Å². The number of nitrogens with zero attached hydrogens (tertiary/aromatic N) is 4. The number of hydrogen-bond donors (Lipinski definition) is 1. The minimum absolute atomic E-state index is 0.0606. The van der Waals surface area contributed by atoms with E-state index in [-0.39, 0.29) is 12.5 Å². The second kappa shape index (κ2) is 5.70. The minimum atomic E-state index is -0.813. The van der Waals surface area contributed by atoms with Crippen LogP contribution in [0, 0.1) is 16.4 Å². The normalized spacial score (nSPS) is 15.9. The molecule has 1 fully saturated rings. The zero-order valence-electron chi connectivity index (χ0n) is 11.5. The molecule has 1 N–H and O–H groups in total. The van der Waals surface area contributed by atoms with Gasteiger partial charge >= 0.3 is 5.97 Å². The average molecular weight is 398 g/mol. The molecule has 0 spiro atoms. The number of rotatable bonds is 5. The fourth-order valence-corrected chi connectivity index (χ4v) is 3.13. The van der Waals surface area contributed by atoms with E-state index in [1.165, 1.54) is 0 Å². The summed E-state index contributed by atoms with van der Waals surface area (Å²) in [6.07, 6.45) is 2.15. The van der Waals surface area contributed by atoms with Gasteiger partial charge in [0.25, 0.3) is 0 Å². The molecule has 6 nitrogen and oxygen atoms in total. The Morgan fingerprint density at radius 1 is 1.52 bits per heavy atom. The van der Waals surface area contributed by atoms with Gasteiger partial charge in [-0.1, -0.05) is 18.2 Å². The van der Waals surface area contributed by atoms with Crippen molar-refractivity contribution in [2.24, 2.45) is 5.92 Å². The van der Waals surface area contributed by atoms with E-state index in [2.05, 4.69) is 38.1 Å². The highest BCUT2D eigenvalue weighted by Gasteiger charge is 2.36. The molecule has 3 rings (SSSR count). The molecule has 1 aliphatic rings. The quantitative estimate of drug-likeness (QED) is 0.784. The molecule has 1 saturated carbocycles. The highest BCUT2D eigenvalue weighted by atomic mass is 127. The number of carbonyl (C=O) groups is 1. The Balaban J connectivity index is 2.03. The summed E-state index contributed by atoms with van der Waals surface area (Å²) in [6.45, 7) is 2.04. The highest BCUT2D eigenvalue weighted by Crippen LogP contribution is 2.42. The van der Waals surface area contributed by atoms with Crippen LogP contribution in [0.15, 0.2) is 18.2 Å². The smallest absolute Gasteiger partial charge is 0.305 e. The number of aromatic nitrogens is 4. The number of aryl methyl sites for hydroxylation is 1. The fraction of sp³-hybridized carbons (Fsp3) is 0.429. The average Bonchev–Trinajstić information content (AvgIpc) is 3.17. The molecule has 0 saturated heterocycles. The van der Waals surface area contributed by atoms with E-state index in [4.69, 9.17) is 5.11 Å². The molecule has 0 bridgehead atoms. The van der Waals surface area contributed by atoms with Crippen molar-refractivity contribution < 1.29 is 9.90 Å². The lowest BCUT2D eigenvalue weighted by molar-refractivity contribution is -0.138. The molecular formula is C14H15IN4O2. The van der Waals surface area contributed by atoms with E-state index >= 15 is 0 Å². The molecule has 1 atom stereocenters. The molecule has 110 valence electrons. The van der Waals surface area contributed by atoms with Crippen molar-refractivity contribution in [2.75, 3.05) is 0 Å². The molecule has 7 heteroatoms. The third-order valence-corrected chi connectivity index (χ3v) is 5.22. The topological polar surface area (TPSA) is 80.9 Å². The fourth-order valence-electron chi connectivity index (χ4n) is 2.53. The SMILES string of the molecule is Cc1cccc(-c2nnnn2C(CC(=O)O)C2CC2)c1I. The summed E-state index contributed by atoms with van der Waals surface area (Å²) in [4.78, 5) is 11.1. The van der Waals surface area contributed by atoms with E-state index in [1.807, 2.05) is 25.1 Å². The van der Waals surface area contributed by atoms with Crippen LogP contribution >= 0.6 is 22.6 Å². The Kier molecular flexibility index (Phi) is 3.92. The maximum Gasteiger partial charge on any atom is 0.305 e. The van der Waals surface area contributed by atoms with E-state index in [9.17, 15) is 4.79 Å². The van der Waals surface area contributed by atoms with E-state index in [0.717, 1.165) is 27.5 Å². The Bertz CT molecular complexity index is 681. The minimum Gasteiger partial charge on any atom is -0.481 e. The van der Waals surface area contributed by atoms with Crippen LogP contribution in [0.25, 0.3) is 11.4 Å². The number of tetrazole rings is 1. The first kappa shape index (κ1) is 14.4. The molecule has 0 radical (unpaired) electrons. The predicted octanol–water partition coefficient (Wildman–Crippen LogP) is 2.68. The second-order valence-electron chi connectivity index (χ2n) is 5.39. The number of benzene rings is 1. The van der Waals surface area contributed by atoms with Crippen molar-refractivity contribution in [3.05, 3.63) is 27.3 Å². The summed E-state index contributed by atoms with van der Waals surface area (Å²) in [5.74, 6) is 0.208. The van der Waals surface area contributed by atoms with Crippen molar-refractivity contribution in [1.82, 2.24) is 20.2 Å². The van der Waals surface area contributed by atoms with Crippen LogP contribution in [0.5, 0.6) is 0 Å². The largest absolute Gasteiger partial charge is 0.481 e. The van der Waals surface area contributed by atoms with Crippen LogP contribution in [0.3, 0.4) is 0 Å². The van der Waals surface area contributed by atoms with Gasteiger partial charge < -0.3 is 5.11 Å². The maximum atomic E-state index is 11.1. The molecule has 1 aromatic heterocycles. The van der Waals surface area contributed by atoms with Gasteiger partial charge in [-0.05, 0) is 64.3 Å². The number of aliphatic carboxylic acids is 1. The van der Waals surface area contributed by atoms with Crippen molar-refractivity contribution in [1.29, 1.82) is 0 Å². The second-order valence-corrected chi connectivity index (χ2v) is 6.46. The summed E-state index contributed by atoms with van der Waals surface area (Å²) in [6, 6.07) is 5.81. The third kappa shape index (κ3) is 2.92. The third-order valence-electron chi connectivity index (χ3n) is 3.79. The molecule has 1 aromatic carbocycles. The maximum absolute atomic E-state index is 11.1. The number of carboxylic acid groups (broad SMARTS) is 1. The first-order valence-electron chi connectivity index (χ1n) is 6.83. The van der Waals surface area contributed by atoms with Crippen molar-refractivity contribution in [2.45, 2.75) is 32.2 Å². The monoisotopic (exact) mass is 398 g/mol. The van der Waals surface area contributed by atoms with E-state index < -0.39 is 5.97 Å². The van der Waals surface area contributed by atoms with Gasteiger partial charge in [0, 0.05) is 9.13 Å². The predicted molar refractivity (Wildman–Crippen MR) is 84.7 cm³/mol. The molecule has 0 aliphatic heterocycles. The lowest BCUT2D eigenvalue weighted by Crippen LogP contribution is -2.18. The summed E-state index contributed by atoms with van der Waals surface area (Å²) < 4.78 is 2.79. The van der Waals surface area contributed by atoms with Crippen LogP contribution in [0.1, 0.15) is 30.9 Å². The van der Waals surface area contributed by atoms with Gasteiger partial charge in [0.2, 0.25) is 0 Å². The molecule has 21 heavy (non-hydrogen) atoms. The lowest BCUT2D eigenvalue weighted by Gasteiger charge is -2.16. The summed E-state index contributed by atoms with van der Waals surface area (Å²) in [5.41, 5.74) is 2.11. The van der Waals surface area contributed by atoms with E-state index in [0.29, 0.717) is 11.7 Å². The summed E-state index contributed by atoms with van der Waals surface area (Å²) in [5, 5.41) is 21.1. The van der Waals surface area contributed by atoms with Crippen LogP contribution in [0.4, 0.5) is 0 Å². The number of hydrogen-bond acceptors (Lipinski definition) is 4. The Hall–Kier alpha value is -1.51. The molecule has 1 unspecified atom stereocenters.